The molecular formula is C20H18O4. The average Bonchev–Trinajstić information content (AvgIpc) is 2.92. The number of ether oxygens (including phenoxy) is 1. The van der Waals surface area contributed by atoms with E-state index in [1.54, 1.807) is 6.07 Å². The SMILES string of the molecule is CC1(C)C2CCC1(C(=O)Oc1cccc3ccccc13)C(=O)C2=O. The number of benzene rings is 2. The number of hydrogen-bond donors (Lipinski definition) is 0. The standard InChI is InChI=1S/C20H18O4/c1-19(2)14-10-11-20(19,17(22)16(14)21)18(23)24-15-9-5-7-12-6-3-4-8-13(12)15/h3-9,14H,10-11H2,1-2H3. The molecule has 2 bridgehead atoms. The van der Waals surface area contributed by atoms with Gasteiger partial charge in [-0.2, -0.15) is 0 Å². The number of carbonyl (C=O) groups excluding carboxylic acids is 3. The quantitative estimate of drug-likeness (QED) is 0.368. The highest BCUT2D eigenvalue weighted by atomic mass is 16.5. The lowest BCUT2D eigenvalue weighted by Crippen LogP contribution is -2.46. The van der Waals surface area contributed by atoms with Crippen LogP contribution in [0.5, 0.6) is 5.75 Å². The lowest BCUT2D eigenvalue weighted by molar-refractivity contribution is -0.157. The Hall–Kier alpha value is -2.49. The number of esters is 1. The van der Waals surface area contributed by atoms with Gasteiger partial charge in [0.2, 0.25) is 11.6 Å². The molecule has 2 fully saturated rings. The van der Waals surface area contributed by atoms with E-state index < -0.39 is 28.4 Å². The molecular weight excluding hydrogens is 304 g/mol. The van der Waals surface area contributed by atoms with Crippen molar-refractivity contribution in [2.24, 2.45) is 16.7 Å². The Bertz CT molecular complexity index is 890. The Morgan fingerprint density at radius 3 is 2.50 bits per heavy atom. The fourth-order valence-electron chi connectivity index (χ4n) is 4.50. The van der Waals surface area contributed by atoms with E-state index in [9.17, 15) is 14.4 Å². The van der Waals surface area contributed by atoms with Crippen molar-refractivity contribution in [3.05, 3.63) is 42.5 Å². The molecule has 0 amide bonds. The molecule has 0 N–H and O–H groups in total. The molecule has 2 aromatic carbocycles. The minimum Gasteiger partial charge on any atom is -0.425 e. The maximum Gasteiger partial charge on any atom is 0.326 e. The molecule has 2 saturated carbocycles. The summed E-state index contributed by atoms with van der Waals surface area (Å²) in [4.78, 5) is 37.8. The molecule has 0 saturated heterocycles. The second-order valence-electron chi connectivity index (χ2n) is 7.28. The summed E-state index contributed by atoms with van der Waals surface area (Å²) in [6.45, 7) is 3.66. The molecule has 4 heteroatoms. The van der Waals surface area contributed by atoms with E-state index in [0.29, 0.717) is 18.6 Å². The van der Waals surface area contributed by atoms with E-state index in [0.717, 1.165) is 10.8 Å². The summed E-state index contributed by atoms with van der Waals surface area (Å²) in [5.74, 6) is -1.53. The van der Waals surface area contributed by atoms with Gasteiger partial charge in [-0.1, -0.05) is 50.2 Å². The van der Waals surface area contributed by atoms with E-state index in [1.807, 2.05) is 50.2 Å². The first-order chi connectivity index (χ1) is 11.4. The number of carbonyl (C=O) groups is 3. The molecule has 24 heavy (non-hydrogen) atoms. The molecule has 2 unspecified atom stereocenters. The summed E-state index contributed by atoms with van der Waals surface area (Å²) in [5.41, 5.74) is -2.03. The predicted octanol–water partition coefficient (Wildman–Crippen LogP) is 3.32. The summed E-state index contributed by atoms with van der Waals surface area (Å²) in [6.07, 6.45) is 0.959. The van der Waals surface area contributed by atoms with E-state index in [4.69, 9.17) is 4.74 Å². The van der Waals surface area contributed by atoms with Crippen molar-refractivity contribution in [1.82, 2.24) is 0 Å². The Morgan fingerprint density at radius 2 is 1.79 bits per heavy atom. The minimum absolute atomic E-state index is 0.370. The van der Waals surface area contributed by atoms with Gasteiger partial charge in [0.1, 0.15) is 11.2 Å². The second-order valence-corrected chi connectivity index (χ2v) is 7.28. The van der Waals surface area contributed by atoms with Gasteiger partial charge in [-0.15, -0.1) is 0 Å². The molecule has 2 aromatic rings. The third kappa shape index (κ3) is 1.66. The smallest absolute Gasteiger partial charge is 0.326 e. The predicted molar refractivity (Wildman–Crippen MR) is 88.5 cm³/mol. The minimum atomic E-state index is -1.34. The molecule has 4 nitrogen and oxygen atoms in total. The van der Waals surface area contributed by atoms with Crippen LogP contribution in [-0.2, 0) is 14.4 Å². The maximum absolute atomic E-state index is 13.0. The van der Waals surface area contributed by atoms with Crippen LogP contribution in [-0.4, -0.2) is 17.5 Å². The summed E-state index contributed by atoms with van der Waals surface area (Å²) in [6, 6.07) is 13.1. The number of rotatable bonds is 2. The van der Waals surface area contributed by atoms with Gasteiger partial charge in [0.15, 0.2) is 0 Å². The molecule has 4 rings (SSSR count). The molecule has 2 atom stereocenters. The molecule has 0 aromatic heterocycles. The first-order valence-corrected chi connectivity index (χ1v) is 8.18. The van der Waals surface area contributed by atoms with Crippen molar-refractivity contribution in [2.45, 2.75) is 26.7 Å². The van der Waals surface area contributed by atoms with Crippen molar-refractivity contribution in [2.75, 3.05) is 0 Å². The lowest BCUT2D eigenvalue weighted by atomic mass is 9.69. The van der Waals surface area contributed by atoms with Crippen molar-refractivity contribution in [3.8, 4) is 5.75 Å². The van der Waals surface area contributed by atoms with Crippen LogP contribution in [0.2, 0.25) is 0 Å². The highest BCUT2D eigenvalue weighted by molar-refractivity contribution is 6.47. The van der Waals surface area contributed by atoms with E-state index in [2.05, 4.69) is 0 Å². The zero-order chi connectivity index (χ0) is 17.1. The normalized spacial score (nSPS) is 27.7. The topological polar surface area (TPSA) is 60.4 Å². The monoisotopic (exact) mass is 322 g/mol. The van der Waals surface area contributed by atoms with Crippen molar-refractivity contribution < 1.29 is 19.1 Å². The Labute approximate surface area is 139 Å². The fraction of sp³-hybridized carbons (Fsp3) is 0.350. The van der Waals surface area contributed by atoms with Crippen molar-refractivity contribution >= 4 is 28.3 Å². The van der Waals surface area contributed by atoms with Gasteiger partial charge in [0.05, 0.1) is 0 Å². The number of Topliss-reactive ketones (excluding diaryl/α,β-unsaturated/α-hetero) is 2. The second kappa shape index (κ2) is 4.76. The highest BCUT2D eigenvalue weighted by Crippen LogP contribution is 2.62. The molecule has 122 valence electrons. The van der Waals surface area contributed by atoms with Crippen LogP contribution in [0.25, 0.3) is 10.8 Å². The summed E-state index contributed by atoms with van der Waals surface area (Å²) in [7, 11) is 0. The Kier molecular flexibility index (Phi) is 2.99. The third-order valence-corrected chi connectivity index (χ3v) is 6.01. The summed E-state index contributed by atoms with van der Waals surface area (Å²) < 4.78 is 5.67. The Morgan fingerprint density at radius 1 is 1.08 bits per heavy atom. The van der Waals surface area contributed by atoms with Gasteiger partial charge < -0.3 is 4.74 Å². The van der Waals surface area contributed by atoms with Gasteiger partial charge in [-0.25, -0.2) is 0 Å². The third-order valence-electron chi connectivity index (χ3n) is 6.01. The first-order valence-electron chi connectivity index (χ1n) is 8.18. The maximum atomic E-state index is 13.0. The van der Waals surface area contributed by atoms with Gasteiger partial charge >= 0.3 is 5.97 Å². The zero-order valence-electron chi connectivity index (χ0n) is 13.7. The molecule has 2 aliphatic rings. The van der Waals surface area contributed by atoms with E-state index >= 15 is 0 Å². The largest absolute Gasteiger partial charge is 0.425 e. The van der Waals surface area contributed by atoms with Crippen LogP contribution < -0.4 is 4.74 Å². The van der Waals surface area contributed by atoms with Crippen LogP contribution in [0.1, 0.15) is 26.7 Å². The van der Waals surface area contributed by atoms with Crippen LogP contribution >= 0.6 is 0 Å². The first kappa shape index (κ1) is 15.1. The molecule has 0 aliphatic heterocycles. The molecule has 0 spiro atoms. The Balaban J connectivity index is 1.77. The average molecular weight is 322 g/mol. The summed E-state index contributed by atoms with van der Waals surface area (Å²) in [5, 5.41) is 1.77. The highest BCUT2D eigenvalue weighted by Gasteiger charge is 2.73. The van der Waals surface area contributed by atoms with Crippen molar-refractivity contribution in [1.29, 1.82) is 0 Å². The molecule has 0 radical (unpaired) electrons. The van der Waals surface area contributed by atoms with Crippen LogP contribution in [0.4, 0.5) is 0 Å². The van der Waals surface area contributed by atoms with Gasteiger partial charge in [0, 0.05) is 11.3 Å². The van der Waals surface area contributed by atoms with Crippen LogP contribution in [0.3, 0.4) is 0 Å². The number of ketones is 2. The lowest BCUT2D eigenvalue weighted by Gasteiger charge is -2.32. The van der Waals surface area contributed by atoms with E-state index in [-0.39, 0.29) is 5.92 Å². The van der Waals surface area contributed by atoms with Gasteiger partial charge in [-0.05, 0) is 29.7 Å². The van der Waals surface area contributed by atoms with Crippen molar-refractivity contribution in [3.63, 3.8) is 0 Å². The molecule has 2 aliphatic carbocycles. The molecule has 0 heterocycles. The fourth-order valence-corrected chi connectivity index (χ4v) is 4.50. The van der Waals surface area contributed by atoms with Gasteiger partial charge in [-0.3, -0.25) is 14.4 Å². The van der Waals surface area contributed by atoms with E-state index in [1.165, 1.54) is 0 Å². The zero-order valence-corrected chi connectivity index (χ0v) is 13.7. The number of fused-ring (bicyclic) bond motifs is 3. The van der Waals surface area contributed by atoms with Crippen LogP contribution in [0.15, 0.2) is 42.5 Å². The summed E-state index contributed by atoms with van der Waals surface area (Å²) >= 11 is 0. The van der Waals surface area contributed by atoms with Crippen LogP contribution in [0, 0.1) is 16.7 Å². The number of hydrogen-bond acceptors (Lipinski definition) is 4. The van der Waals surface area contributed by atoms with Gasteiger partial charge in [0.25, 0.3) is 0 Å².